The summed E-state index contributed by atoms with van der Waals surface area (Å²) in [7, 11) is 0. The molecule has 0 aliphatic rings. The summed E-state index contributed by atoms with van der Waals surface area (Å²) in [6, 6.07) is 17.2. The van der Waals surface area contributed by atoms with E-state index in [1.54, 1.807) is 48.5 Å². The van der Waals surface area contributed by atoms with Gasteiger partial charge in [0.2, 0.25) is 0 Å². The van der Waals surface area contributed by atoms with Gasteiger partial charge in [0, 0.05) is 16.8 Å². The molecule has 2 rings (SSSR count). The SMILES string of the molecule is N#CCNC(=O)c1cccc(NC(=O)c2ccccc2)c1. The molecule has 0 spiro atoms. The quantitative estimate of drug-likeness (QED) is 0.842. The molecule has 2 aromatic carbocycles. The van der Waals surface area contributed by atoms with Crippen molar-refractivity contribution in [1.29, 1.82) is 5.26 Å². The number of amides is 2. The second-order valence-electron chi connectivity index (χ2n) is 4.24. The molecule has 0 saturated heterocycles. The molecule has 5 nitrogen and oxygen atoms in total. The molecule has 0 aliphatic heterocycles. The summed E-state index contributed by atoms with van der Waals surface area (Å²) in [6.07, 6.45) is 0. The second kappa shape index (κ2) is 6.87. The van der Waals surface area contributed by atoms with Crippen molar-refractivity contribution in [2.75, 3.05) is 11.9 Å². The highest BCUT2D eigenvalue weighted by atomic mass is 16.2. The normalized spacial score (nSPS) is 9.48. The third-order valence-corrected chi connectivity index (χ3v) is 2.75. The Kier molecular flexibility index (Phi) is 4.67. The van der Waals surface area contributed by atoms with Crippen LogP contribution < -0.4 is 10.6 Å². The maximum absolute atomic E-state index is 12.0. The van der Waals surface area contributed by atoms with Crippen LogP contribution in [0.1, 0.15) is 20.7 Å². The van der Waals surface area contributed by atoms with Crippen molar-refractivity contribution >= 4 is 17.5 Å². The Labute approximate surface area is 122 Å². The third kappa shape index (κ3) is 3.91. The predicted octanol–water partition coefficient (Wildman–Crippen LogP) is 2.19. The Morgan fingerprint density at radius 3 is 2.38 bits per heavy atom. The maximum atomic E-state index is 12.0. The largest absolute Gasteiger partial charge is 0.339 e. The number of benzene rings is 2. The number of nitriles is 1. The van der Waals surface area contributed by atoms with Crippen LogP contribution in [0.3, 0.4) is 0 Å². The summed E-state index contributed by atoms with van der Waals surface area (Å²) in [5.41, 5.74) is 1.45. The lowest BCUT2D eigenvalue weighted by Crippen LogP contribution is -2.23. The predicted molar refractivity (Wildman–Crippen MR) is 78.8 cm³/mol. The highest BCUT2D eigenvalue weighted by Crippen LogP contribution is 2.12. The lowest BCUT2D eigenvalue weighted by atomic mass is 10.1. The summed E-state index contributed by atoms with van der Waals surface area (Å²) < 4.78 is 0. The van der Waals surface area contributed by atoms with Gasteiger partial charge in [0.1, 0.15) is 6.54 Å². The fourth-order valence-electron chi connectivity index (χ4n) is 1.75. The van der Waals surface area contributed by atoms with Crippen LogP contribution in [0.2, 0.25) is 0 Å². The molecule has 0 radical (unpaired) electrons. The molecule has 104 valence electrons. The first kappa shape index (κ1) is 14.3. The van der Waals surface area contributed by atoms with Crippen LogP contribution in [-0.4, -0.2) is 18.4 Å². The van der Waals surface area contributed by atoms with E-state index in [9.17, 15) is 9.59 Å². The van der Waals surface area contributed by atoms with Crippen LogP contribution in [0, 0.1) is 11.3 Å². The lowest BCUT2D eigenvalue weighted by Gasteiger charge is -2.07. The number of rotatable bonds is 4. The third-order valence-electron chi connectivity index (χ3n) is 2.75. The molecule has 0 unspecified atom stereocenters. The number of carbonyl (C=O) groups excluding carboxylic acids is 2. The van der Waals surface area contributed by atoms with E-state index in [1.165, 1.54) is 0 Å². The summed E-state index contributed by atoms with van der Waals surface area (Å²) in [5.74, 6) is -0.599. The molecule has 2 amide bonds. The van der Waals surface area contributed by atoms with Gasteiger partial charge in [-0.3, -0.25) is 9.59 Å². The molecule has 0 aliphatic carbocycles. The van der Waals surface area contributed by atoms with Crippen molar-refractivity contribution in [1.82, 2.24) is 5.32 Å². The number of hydrogen-bond donors (Lipinski definition) is 2. The van der Waals surface area contributed by atoms with E-state index in [0.29, 0.717) is 16.8 Å². The number of nitrogens with zero attached hydrogens (tertiary/aromatic N) is 1. The summed E-state index contributed by atoms with van der Waals surface area (Å²) in [6.45, 7) is -0.0561. The van der Waals surface area contributed by atoms with E-state index in [0.717, 1.165) is 0 Å². The van der Waals surface area contributed by atoms with Crippen molar-refractivity contribution in [3.63, 3.8) is 0 Å². The van der Waals surface area contributed by atoms with Crippen molar-refractivity contribution < 1.29 is 9.59 Å². The first-order valence-electron chi connectivity index (χ1n) is 6.32. The van der Waals surface area contributed by atoms with E-state index >= 15 is 0 Å². The zero-order chi connectivity index (χ0) is 15.1. The van der Waals surface area contributed by atoms with Crippen LogP contribution in [-0.2, 0) is 0 Å². The molecule has 2 N–H and O–H groups in total. The molecule has 0 atom stereocenters. The monoisotopic (exact) mass is 279 g/mol. The first-order valence-corrected chi connectivity index (χ1v) is 6.32. The fourth-order valence-corrected chi connectivity index (χ4v) is 1.75. The van der Waals surface area contributed by atoms with Crippen LogP contribution in [0.15, 0.2) is 54.6 Å². The Hall–Kier alpha value is -3.13. The molecule has 0 saturated carbocycles. The van der Waals surface area contributed by atoms with Gasteiger partial charge in [-0.2, -0.15) is 5.26 Å². The van der Waals surface area contributed by atoms with Crippen LogP contribution in [0.25, 0.3) is 0 Å². The molecule has 21 heavy (non-hydrogen) atoms. The van der Waals surface area contributed by atoms with E-state index in [2.05, 4.69) is 10.6 Å². The van der Waals surface area contributed by atoms with Gasteiger partial charge < -0.3 is 10.6 Å². The minimum Gasteiger partial charge on any atom is -0.339 e. The minimum absolute atomic E-state index is 0.0561. The topological polar surface area (TPSA) is 82.0 Å². The van der Waals surface area contributed by atoms with Gasteiger partial charge in [0.15, 0.2) is 0 Å². The minimum atomic E-state index is -0.354. The van der Waals surface area contributed by atoms with E-state index in [-0.39, 0.29) is 18.4 Å². The van der Waals surface area contributed by atoms with Crippen molar-refractivity contribution in [2.45, 2.75) is 0 Å². The standard InChI is InChI=1S/C16H13N3O2/c17-9-10-18-15(20)13-7-4-8-14(11-13)19-16(21)12-5-2-1-3-6-12/h1-8,11H,10H2,(H,18,20)(H,19,21). The Morgan fingerprint density at radius 1 is 0.952 bits per heavy atom. The Balaban J connectivity index is 2.10. The highest BCUT2D eigenvalue weighted by molar-refractivity contribution is 6.05. The summed E-state index contributed by atoms with van der Waals surface area (Å²) >= 11 is 0. The lowest BCUT2D eigenvalue weighted by molar-refractivity contribution is 0.0957. The molecular formula is C16H13N3O2. The average molecular weight is 279 g/mol. The summed E-state index contributed by atoms with van der Waals surface area (Å²) in [4.78, 5) is 23.7. The molecular weight excluding hydrogens is 266 g/mol. The summed E-state index contributed by atoms with van der Waals surface area (Å²) in [5, 5.41) is 13.6. The second-order valence-corrected chi connectivity index (χ2v) is 4.24. The van der Waals surface area contributed by atoms with Crippen molar-refractivity contribution in [3.8, 4) is 6.07 Å². The van der Waals surface area contributed by atoms with Gasteiger partial charge in [-0.25, -0.2) is 0 Å². The average Bonchev–Trinajstić information content (AvgIpc) is 2.53. The first-order chi connectivity index (χ1) is 10.2. The van der Waals surface area contributed by atoms with Crippen molar-refractivity contribution in [3.05, 3.63) is 65.7 Å². The Bertz CT molecular complexity index is 690. The number of carbonyl (C=O) groups is 2. The van der Waals surface area contributed by atoms with E-state index in [1.807, 2.05) is 12.1 Å². The molecule has 5 heteroatoms. The Morgan fingerprint density at radius 2 is 1.67 bits per heavy atom. The molecule has 0 aromatic heterocycles. The highest BCUT2D eigenvalue weighted by Gasteiger charge is 2.08. The van der Waals surface area contributed by atoms with Crippen LogP contribution in [0.4, 0.5) is 5.69 Å². The number of nitrogens with one attached hydrogen (secondary N) is 2. The number of hydrogen-bond acceptors (Lipinski definition) is 3. The molecule has 0 heterocycles. The van der Waals surface area contributed by atoms with E-state index in [4.69, 9.17) is 5.26 Å². The zero-order valence-electron chi connectivity index (χ0n) is 11.2. The van der Waals surface area contributed by atoms with Gasteiger partial charge in [-0.05, 0) is 30.3 Å². The van der Waals surface area contributed by atoms with E-state index < -0.39 is 0 Å². The van der Waals surface area contributed by atoms with Gasteiger partial charge in [-0.15, -0.1) is 0 Å². The molecule has 0 fully saturated rings. The smallest absolute Gasteiger partial charge is 0.255 e. The number of anilines is 1. The van der Waals surface area contributed by atoms with Crippen molar-refractivity contribution in [2.24, 2.45) is 0 Å². The van der Waals surface area contributed by atoms with Crippen LogP contribution >= 0.6 is 0 Å². The van der Waals surface area contributed by atoms with Gasteiger partial charge in [0.25, 0.3) is 11.8 Å². The van der Waals surface area contributed by atoms with Crippen LogP contribution in [0.5, 0.6) is 0 Å². The zero-order valence-corrected chi connectivity index (χ0v) is 11.2. The van der Waals surface area contributed by atoms with Gasteiger partial charge in [0.05, 0.1) is 6.07 Å². The van der Waals surface area contributed by atoms with Gasteiger partial charge >= 0.3 is 0 Å². The maximum Gasteiger partial charge on any atom is 0.255 e. The molecule has 0 bridgehead atoms. The fraction of sp³-hybridized carbons (Fsp3) is 0.0625. The van der Waals surface area contributed by atoms with Gasteiger partial charge in [-0.1, -0.05) is 24.3 Å². The molecule has 2 aromatic rings.